The molecule has 0 aliphatic carbocycles. The van der Waals surface area contributed by atoms with Gasteiger partial charge in [-0.3, -0.25) is 9.63 Å². The minimum Gasteiger partial charge on any atom is -0.269 e. The Labute approximate surface area is 140 Å². The van der Waals surface area contributed by atoms with Gasteiger partial charge in [0.25, 0.3) is 5.91 Å². The highest BCUT2D eigenvalue weighted by atomic mass is 16.6. The fraction of sp³-hybridized carbons (Fsp3) is 0.0526. The van der Waals surface area contributed by atoms with E-state index in [9.17, 15) is 4.79 Å². The molecule has 0 atom stereocenters. The molecule has 1 heterocycles. The summed E-state index contributed by atoms with van der Waals surface area (Å²) in [6.07, 6.45) is 6.65. The van der Waals surface area contributed by atoms with E-state index < -0.39 is 0 Å². The van der Waals surface area contributed by atoms with E-state index in [4.69, 9.17) is 4.84 Å². The Hall–Kier alpha value is -3.18. The average molecular weight is 319 g/mol. The van der Waals surface area contributed by atoms with Crippen molar-refractivity contribution in [2.24, 2.45) is 0 Å². The fourth-order valence-corrected chi connectivity index (χ4v) is 2.12. The zero-order valence-electron chi connectivity index (χ0n) is 13.0. The summed E-state index contributed by atoms with van der Waals surface area (Å²) in [6.45, 7) is 0.326. The second kappa shape index (κ2) is 7.89. The Kier molecular flexibility index (Phi) is 5.17. The molecule has 5 heteroatoms. The SMILES string of the molecule is O=C(C=Cc1cnn(-c2ccccc2)c1)NOCc1ccccc1. The molecule has 2 aromatic carbocycles. The second-order valence-corrected chi connectivity index (χ2v) is 5.13. The monoisotopic (exact) mass is 319 g/mol. The number of carbonyl (C=O) groups excluding carboxylic acids is 1. The first kappa shape index (κ1) is 15.7. The van der Waals surface area contributed by atoms with Gasteiger partial charge in [0.1, 0.15) is 0 Å². The minimum atomic E-state index is -0.321. The van der Waals surface area contributed by atoms with E-state index in [1.165, 1.54) is 6.08 Å². The van der Waals surface area contributed by atoms with E-state index in [2.05, 4.69) is 10.6 Å². The van der Waals surface area contributed by atoms with Crippen molar-refractivity contribution < 1.29 is 9.63 Å². The maximum absolute atomic E-state index is 11.7. The van der Waals surface area contributed by atoms with Gasteiger partial charge in [-0.2, -0.15) is 5.10 Å². The molecule has 1 amide bonds. The fourth-order valence-electron chi connectivity index (χ4n) is 2.12. The van der Waals surface area contributed by atoms with E-state index >= 15 is 0 Å². The predicted molar refractivity (Wildman–Crippen MR) is 92.0 cm³/mol. The number of carbonyl (C=O) groups is 1. The Bertz CT molecular complexity index is 811. The van der Waals surface area contributed by atoms with E-state index in [0.717, 1.165) is 16.8 Å². The first-order valence-corrected chi connectivity index (χ1v) is 7.55. The highest BCUT2D eigenvalue weighted by molar-refractivity contribution is 5.90. The third-order valence-electron chi connectivity index (χ3n) is 3.30. The number of nitrogens with zero attached hydrogens (tertiary/aromatic N) is 2. The van der Waals surface area contributed by atoms with Gasteiger partial charge < -0.3 is 0 Å². The highest BCUT2D eigenvalue weighted by Gasteiger charge is 2.00. The molecule has 120 valence electrons. The van der Waals surface area contributed by atoms with Crippen LogP contribution in [0.5, 0.6) is 0 Å². The number of hydroxylamine groups is 1. The van der Waals surface area contributed by atoms with Crippen molar-refractivity contribution in [2.45, 2.75) is 6.61 Å². The predicted octanol–water partition coefficient (Wildman–Crippen LogP) is 3.13. The lowest BCUT2D eigenvalue weighted by Gasteiger charge is -2.03. The van der Waals surface area contributed by atoms with Crippen LogP contribution in [0.25, 0.3) is 11.8 Å². The van der Waals surface area contributed by atoms with Crippen LogP contribution in [0.2, 0.25) is 0 Å². The Balaban J connectivity index is 1.50. The number of para-hydroxylation sites is 1. The molecule has 1 N–H and O–H groups in total. The molecular weight excluding hydrogens is 302 g/mol. The molecule has 0 unspecified atom stereocenters. The van der Waals surface area contributed by atoms with Gasteiger partial charge in [0, 0.05) is 17.8 Å². The Morgan fingerprint density at radius 3 is 2.54 bits per heavy atom. The number of benzene rings is 2. The van der Waals surface area contributed by atoms with Gasteiger partial charge >= 0.3 is 0 Å². The molecule has 0 saturated carbocycles. The van der Waals surface area contributed by atoms with Gasteiger partial charge in [-0.15, -0.1) is 0 Å². The zero-order chi connectivity index (χ0) is 16.6. The molecule has 5 nitrogen and oxygen atoms in total. The van der Waals surface area contributed by atoms with Crippen LogP contribution in [0.15, 0.2) is 79.1 Å². The third-order valence-corrected chi connectivity index (χ3v) is 3.30. The number of nitrogens with one attached hydrogen (secondary N) is 1. The maximum Gasteiger partial charge on any atom is 0.267 e. The van der Waals surface area contributed by atoms with Crippen molar-refractivity contribution in [3.63, 3.8) is 0 Å². The minimum absolute atomic E-state index is 0.321. The topological polar surface area (TPSA) is 56.2 Å². The van der Waals surface area contributed by atoms with E-state index in [1.54, 1.807) is 17.0 Å². The summed E-state index contributed by atoms with van der Waals surface area (Å²) in [5.74, 6) is -0.321. The molecule has 24 heavy (non-hydrogen) atoms. The Morgan fingerprint density at radius 1 is 1.08 bits per heavy atom. The lowest BCUT2D eigenvalue weighted by atomic mass is 10.2. The first-order valence-electron chi connectivity index (χ1n) is 7.55. The van der Waals surface area contributed by atoms with Crippen LogP contribution < -0.4 is 5.48 Å². The van der Waals surface area contributed by atoms with E-state index in [0.29, 0.717) is 6.61 Å². The van der Waals surface area contributed by atoms with Gasteiger partial charge in [-0.05, 0) is 23.8 Å². The number of aromatic nitrogens is 2. The van der Waals surface area contributed by atoms with Crippen molar-refractivity contribution in [1.82, 2.24) is 15.3 Å². The zero-order valence-corrected chi connectivity index (χ0v) is 13.0. The second-order valence-electron chi connectivity index (χ2n) is 5.13. The van der Waals surface area contributed by atoms with Crippen LogP contribution in [0.1, 0.15) is 11.1 Å². The van der Waals surface area contributed by atoms with Crippen LogP contribution >= 0.6 is 0 Å². The van der Waals surface area contributed by atoms with Crippen molar-refractivity contribution in [2.75, 3.05) is 0 Å². The first-order chi connectivity index (χ1) is 11.8. The van der Waals surface area contributed by atoms with Crippen LogP contribution in [-0.4, -0.2) is 15.7 Å². The number of hydrogen-bond acceptors (Lipinski definition) is 3. The highest BCUT2D eigenvalue weighted by Crippen LogP contribution is 2.08. The maximum atomic E-state index is 11.7. The van der Waals surface area contributed by atoms with Crippen LogP contribution in [-0.2, 0) is 16.2 Å². The molecule has 1 aromatic heterocycles. The molecular formula is C19H17N3O2. The van der Waals surface area contributed by atoms with Crippen molar-refractivity contribution in [3.8, 4) is 5.69 Å². The lowest BCUT2D eigenvalue weighted by molar-refractivity contribution is -0.129. The summed E-state index contributed by atoms with van der Waals surface area (Å²) < 4.78 is 1.75. The van der Waals surface area contributed by atoms with Crippen molar-refractivity contribution >= 4 is 12.0 Å². The summed E-state index contributed by atoms with van der Waals surface area (Å²) in [5.41, 5.74) is 5.17. The third kappa shape index (κ3) is 4.41. The molecule has 0 bridgehead atoms. The molecule has 0 saturated heterocycles. The van der Waals surface area contributed by atoms with E-state index in [1.807, 2.05) is 66.9 Å². The normalized spacial score (nSPS) is 10.8. The molecule has 3 rings (SSSR count). The van der Waals surface area contributed by atoms with Crippen LogP contribution in [0.4, 0.5) is 0 Å². The summed E-state index contributed by atoms with van der Waals surface area (Å²) >= 11 is 0. The summed E-state index contributed by atoms with van der Waals surface area (Å²) in [5, 5.41) is 4.27. The van der Waals surface area contributed by atoms with Gasteiger partial charge in [0.2, 0.25) is 0 Å². The van der Waals surface area contributed by atoms with Gasteiger partial charge in [-0.25, -0.2) is 10.2 Å². The largest absolute Gasteiger partial charge is 0.269 e. The number of rotatable bonds is 6. The van der Waals surface area contributed by atoms with Gasteiger partial charge in [0.15, 0.2) is 0 Å². The van der Waals surface area contributed by atoms with Crippen LogP contribution in [0.3, 0.4) is 0 Å². The van der Waals surface area contributed by atoms with Crippen LogP contribution in [0, 0.1) is 0 Å². The van der Waals surface area contributed by atoms with Crippen molar-refractivity contribution in [3.05, 3.63) is 90.3 Å². The van der Waals surface area contributed by atoms with Gasteiger partial charge in [0.05, 0.1) is 18.5 Å². The average Bonchev–Trinajstić information content (AvgIpc) is 3.11. The van der Waals surface area contributed by atoms with Crippen molar-refractivity contribution in [1.29, 1.82) is 0 Å². The molecule has 0 radical (unpaired) electrons. The molecule has 0 fully saturated rings. The summed E-state index contributed by atoms with van der Waals surface area (Å²) in [7, 11) is 0. The smallest absolute Gasteiger partial charge is 0.267 e. The summed E-state index contributed by atoms with van der Waals surface area (Å²) in [4.78, 5) is 16.9. The molecule has 3 aromatic rings. The van der Waals surface area contributed by atoms with Gasteiger partial charge in [-0.1, -0.05) is 48.5 Å². The quantitative estimate of drug-likeness (QED) is 0.561. The molecule has 0 aliphatic rings. The lowest BCUT2D eigenvalue weighted by Crippen LogP contribution is -2.21. The van der Waals surface area contributed by atoms with E-state index in [-0.39, 0.29) is 5.91 Å². The Morgan fingerprint density at radius 2 is 1.79 bits per heavy atom. The standard InChI is InChI=1S/C19H17N3O2/c23-19(21-24-15-16-7-3-1-4-8-16)12-11-17-13-20-22(14-17)18-9-5-2-6-10-18/h1-14H,15H2,(H,21,23). The molecule has 0 spiro atoms. The summed E-state index contributed by atoms with van der Waals surface area (Å²) in [6, 6.07) is 19.4. The molecule has 0 aliphatic heterocycles. The number of amides is 1. The number of hydrogen-bond donors (Lipinski definition) is 1.